The zero-order valence-corrected chi connectivity index (χ0v) is 42.8. The summed E-state index contributed by atoms with van der Waals surface area (Å²) in [6.07, 6.45) is 8.48. The molecular weight excluding hydrogens is 997 g/mol. The molecule has 0 saturated carbocycles. The number of piperidine rings is 2. The monoisotopic (exact) mass is 1060 g/mol. The number of aromatic nitrogens is 4. The third kappa shape index (κ3) is 17.7. The van der Waals surface area contributed by atoms with Crippen LogP contribution in [0.1, 0.15) is 108 Å². The van der Waals surface area contributed by atoms with Crippen LogP contribution in [0.5, 0.6) is 11.5 Å². The van der Waals surface area contributed by atoms with E-state index < -0.39 is 47.3 Å². The molecule has 4 aliphatic heterocycles. The van der Waals surface area contributed by atoms with Gasteiger partial charge in [0, 0.05) is 90.7 Å². The van der Waals surface area contributed by atoms with E-state index in [9.17, 15) is 38.4 Å². The fourth-order valence-corrected chi connectivity index (χ4v) is 8.41. The Balaban J connectivity index is 0.000000248. The molecule has 24 nitrogen and oxygen atoms in total. The maximum absolute atomic E-state index is 12.4. The van der Waals surface area contributed by atoms with E-state index in [0.717, 1.165) is 89.9 Å². The lowest BCUT2D eigenvalue weighted by atomic mass is 10.1. The average Bonchev–Trinajstić information content (AvgIpc) is 3.41. The van der Waals surface area contributed by atoms with Crippen molar-refractivity contribution in [3.63, 3.8) is 0 Å². The molecule has 4 aromatic rings. The molecule has 2 unspecified atom stereocenters. The summed E-state index contributed by atoms with van der Waals surface area (Å²) in [5.74, 6) is -1.27. The highest BCUT2D eigenvalue weighted by molar-refractivity contribution is 6.04. The number of esters is 1. The zero-order valence-electron chi connectivity index (χ0n) is 42.8. The van der Waals surface area contributed by atoms with Crippen molar-refractivity contribution in [2.24, 2.45) is 0 Å². The number of aromatic carboxylic acids is 1. The van der Waals surface area contributed by atoms with Crippen molar-refractivity contribution in [3.8, 4) is 11.5 Å². The van der Waals surface area contributed by atoms with Crippen molar-refractivity contribution in [2.45, 2.75) is 84.4 Å². The number of hydrogen-bond donors (Lipinski definition) is 5. The first-order chi connectivity index (χ1) is 36.5. The van der Waals surface area contributed by atoms with Crippen LogP contribution in [0.3, 0.4) is 0 Å². The number of carbonyl (C=O) groups is 8. The van der Waals surface area contributed by atoms with E-state index in [1.807, 2.05) is 26.8 Å². The Morgan fingerprint density at radius 3 is 1.38 bits per heavy atom. The second-order valence-electron chi connectivity index (χ2n) is 19.4. The van der Waals surface area contributed by atoms with Crippen LogP contribution in [0, 0.1) is 0 Å². The van der Waals surface area contributed by atoms with Gasteiger partial charge in [0.25, 0.3) is 11.8 Å². The number of carbonyl (C=O) groups excluding carboxylic acids is 7. The smallest absolute Gasteiger partial charge is 0.340 e. The van der Waals surface area contributed by atoms with Gasteiger partial charge in [0.2, 0.25) is 23.6 Å². The molecule has 0 radical (unpaired) electrons. The molecule has 0 bridgehead atoms. The highest BCUT2D eigenvalue weighted by Crippen LogP contribution is 2.19. The van der Waals surface area contributed by atoms with Crippen molar-refractivity contribution in [1.82, 2.24) is 51.0 Å². The lowest BCUT2D eigenvalue weighted by Crippen LogP contribution is -2.52. The molecule has 6 amide bonds. The number of amides is 6. The van der Waals surface area contributed by atoms with Gasteiger partial charge in [-0.15, -0.1) is 0 Å². The fraction of sp³-hybridized carbons (Fsp3) is 0.472. The minimum Gasteiger partial charge on any atom is -0.492 e. The molecular formula is C53H68N12O12. The quantitative estimate of drug-likeness (QED) is 0.0543. The van der Waals surface area contributed by atoms with Crippen LogP contribution in [0.15, 0.2) is 73.3 Å². The van der Waals surface area contributed by atoms with E-state index in [4.69, 9.17) is 19.3 Å². The molecule has 5 N–H and O–H groups in total. The molecule has 77 heavy (non-hydrogen) atoms. The Bertz CT molecular complexity index is 2670. The van der Waals surface area contributed by atoms with Crippen molar-refractivity contribution < 1.29 is 57.7 Å². The fourth-order valence-electron chi connectivity index (χ4n) is 8.41. The van der Waals surface area contributed by atoms with Crippen LogP contribution in [0.2, 0.25) is 0 Å². The number of ether oxygens (including phenoxy) is 3. The lowest BCUT2D eigenvalue weighted by Gasteiger charge is -2.35. The number of carboxylic acid groups (broad SMARTS) is 1. The number of pyridine rings is 4. The summed E-state index contributed by atoms with van der Waals surface area (Å²) in [6.45, 7) is 15.1. The van der Waals surface area contributed by atoms with E-state index in [1.165, 1.54) is 24.7 Å². The second-order valence-corrected chi connectivity index (χ2v) is 19.4. The van der Waals surface area contributed by atoms with E-state index >= 15 is 0 Å². The summed E-state index contributed by atoms with van der Waals surface area (Å²) in [4.78, 5) is 120. The Hall–Kier alpha value is -8.12. The second kappa shape index (κ2) is 27.6. The lowest BCUT2D eigenvalue weighted by molar-refractivity contribution is -0.136. The molecule has 0 spiro atoms. The van der Waals surface area contributed by atoms with E-state index in [-0.39, 0.29) is 67.8 Å². The van der Waals surface area contributed by atoms with Gasteiger partial charge in [-0.25, -0.2) is 29.5 Å². The molecule has 4 fully saturated rings. The zero-order chi connectivity index (χ0) is 54.2. The molecule has 4 saturated heterocycles. The highest BCUT2D eigenvalue weighted by atomic mass is 16.6. The Morgan fingerprint density at radius 2 is 1.03 bits per heavy atom. The van der Waals surface area contributed by atoms with Crippen LogP contribution >= 0.6 is 0 Å². The first-order valence-electron chi connectivity index (χ1n) is 25.3. The van der Waals surface area contributed by atoms with Gasteiger partial charge in [-0.1, -0.05) is 7.43 Å². The molecule has 0 aromatic carbocycles. The first kappa shape index (κ1) is 58.1. The van der Waals surface area contributed by atoms with Crippen molar-refractivity contribution in [3.05, 3.63) is 95.8 Å². The molecule has 8 rings (SSSR count). The predicted molar refractivity (Wildman–Crippen MR) is 281 cm³/mol. The van der Waals surface area contributed by atoms with Crippen LogP contribution in [0.4, 0.5) is 11.6 Å². The van der Waals surface area contributed by atoms with Crippen molar-refractivity contribution >= 4 is 59.0 Å². The number of imide groups is 2. The standard InChI is InChI=1S/C28H36N6O6.C24H28N6O6.CH4/c1-28(2,3)40-27(38)19-5-9-23(30-17-19)34-14-12-33(13-15-34)11-4-16-39-20-6-7-21(29-18-20)25(36)31-22-8-10-24(35)32-26(22)37;31-21-7-5-19(23(33)28-21)27-22(32)18-4-3-17(15-25-18)36-13-1-8-29-9-11-30(12-10-29)20-6-2-16(14-26-20)24(34)35;/h5-7,9,17-18,22H,4,8,10-16H2,1-3H3,(H,31,36)(H,32,35,37);2-4,6,14-15,19H,1,5,7-13H2,(H,27,32)(H,34,35)(H,28,31,33);1H4. The van der Waals surface area contributed by atoms with E-state index in [2.05, 4.69) is 60.8 Å². The topological polar surface area (TPSA) is 297 Å². The van der Waals surface area contributed by atoms with Gasteiger partial charge >= 0.3 is 11.9 Å². The van der Waals surface area contributed by atoms with Crippen LogP contribution in [-0.2, 0) is 23.9 Å². The minimum absolute atomic E-state index is 0. The molecule has 2 atom stereocenters. The van der Waals surface area contributed by atoms with Gasteiger partial charge in [-0.05, 0) is 95.0 Å². The average molecular weight is 1070 g/mol. The molecule has 8 heterocycles. The third-order valence-electron chi connectivity index (χ3n) is 12.6. The number of carboxylic acids is 1. The Labute approximate surface area is 446 Å². The van der Waals surface area contributed by atoms with Crippen molar-refractivity contribution in [1.29, 1.82) is 0 Å². The maximum Gasteiger partial charge on any atom is 0.340 e. The predicted octanol–water partition coefficient (Wildman–Crippen LogP) is 2.50. The number of anilines is 2. The van der Waals surface area contributed by atoms with Crippen LogP contribution in [0.25, 0.3) is 0 Å². The summed E-state index contributed by atoms with van der Waals surface area (Å²) in [6, 6.07) is 11.9. The number of nitrogens with one attached hydrogen (secondary N) is 4. The molecule has 4 aliphatic rings. The summed E-state index contributed by atoms with van der Waals surface area (Å²) >= 11 is 0. The van der Waals surface area contributed by atoms with E-state index in [1.54, 1.807) is 42.6 Å². The third-order valence-corrected chi connectivity index (χ3v) is 12.6. The van der Waals surface area contributed by atoms with E-state index in [0.29, 0.717) is 30.3 Å². The van der Waals surface area contributed by atoms with Gasteiger partial charge in [0.15, 0.2) is 0 Å². The van der Waals surface area contributed by atoms with Crippen LogP contribution in [-0.4, -0.2) is 179 Å². The summed E-state index contributed by atoms with van der Waals surface area (Å²) in [5, 5.41) is 18.6. The van der Waals surface area contributed by atoms with Gasteiger partial charge in [-0.2, -0.15) is 0 Å². The van der Waals surface area contributed by atoms with Gasteiger partial charge < -0.3 is 39.8 Å². The van der Waals surface area contributed by atoms with Gasteiger partial charge in [-0.3, -0.25) is 49.2 Å². The van der Waals surface area contributed by atoms with Crippen LogP contribution < -0.4 is 40.5 Å². The van der Waals surface area contributed by atoms with Crippen molar-refractivity contribution in [2.75, 3.05) is 88.5 Å². The van der Waals surface area contributed by atoms with Gasteiger partial charge in [0.05, 0.1) is 36.7 Å². The molecule has 412 valence electrons. The normalized spacial score (nSPS) is 18.1. The summed E-state index contributed by atoms with van der Waals surface area (Å²) < 4.78 is 16.9. The largest absolute Gasteiger partial charge is 0.492 e. The van der Waals surface area contributed by atoms with Gasteiger partial charge in [0.1, 0.15) is 52.2 Å². The first-order valence-corrected chi connectivity index (χ1v) is 25.3. The minimum atomic E-state index is -0.983. The highest BCUT2D eigenvalue weighted by Gasteiger charge is 2.30. The Morgan fingerprint density at radius 1 is 0.597 bits per heavy atom. The SMILES string of the molecule is C.CC(C)(C)OC(=O)c1ccc(N2CCN(CCCOc3ccc(C(=O)NC4CCC(=O)NC4=O)nc3)CC2)nc1.O=C1CCC(NC(=O)c2ccc(OCCCN3CCN(c4ccc(C(=O)O)cn4)CC3)cn2)C(=O)N1. The molecule has 24 heteroatoms. The number of nitrogens with zero attached hydrogens (tertiary/aromatic N) is 8. The maximum atomic E-state index is 12.4. The molecule has 4 aromatic heterocycles. The number of rotatable bonds is 18. The Kier molecular flexibility index (Phi) is 20.8. The molecule has 0 aliphatic carbocycles. The summed E-state index contributed by atoms with van der Waals surface area (Å²) in [7, 11) is 0. The summed E-state index contributed by atoms with van der Waals surface area (Å²) in [5.41, 5.74) is 0.411. The number of hydrogen-bond acceptors (Lipinski definition) is 19. The number of piperazine rings is 2.